The van der Waals surface area contributed by atoms with E-state index in [1.54, 1.807) is 6.92 Å². The van der Waals surface area contributed by atoms with Crippen molar-refractivity contribution in [3.63, 3.8) is 0 Å². The number of carbonyl (C=O) groups excluding carboxylic acids is 1. The fraction of sp³-hybridized carbons (Fsp3) is 0.409. The van der Waals surface area contributed by atoms with E-state index in [0.29, 0.717) is 12.2 Å². The van der Waals surface area contributed by atoms with Gasteiger partial charge in [-0.1, -0.05) is 83.0 Å². The third kappa shape index (κ3) is 5.52. The molecule has 0 aliphatic rings. The molecule has 2 aromatic rings. The van der Waals surface area contributed by atoms with Crippen LogP contribution in [0.5, 0.6) is 5.75 Å². The molecule has 130 valence electrons. The van der Waals surface area contributed by atoms with E-state index in [9.17, 15) is 4.79 Å². The Morgan fingerprint density at radius 1 is 0.875 bits per heavy atom. The standard InChI is InChI=1S/C19H22O2.C3H8/c1-5-18(20)21-17-12-10-16(11-13-17)19(3,4)15-8-6-14(2)7-9-15;1-3-2/h6-13H,5H2,1-4H3;3H2,1-2H3. The van der Waals surface area contributed by atoms with Crippen LogP contribution in [0.3, 0.4) is 0 Å². The Hall–Kier alpha value is -2.09. The van der Waals surface area contributed by atoms with Crippen LogP contribution in [-0.2, 0) is 10.2 Å². The molecule has 24 heavy (non-hydrogen) atoms. The van der Waals surface area contributed by atoms with E-state index in [4.69, 9.17) is 4.74 Å². The smallest absolute Gasteiger partial charge is 0.310 e. The van der Waals surface area contributed by atoms with E-state index in [2.05, 4.69) is 58.9 Å². The number of hydrogen-bond acceptors (Lipinski definition) is 2. The fourth-order valence-corrected chi connectivity index (χ4v) is 2.28. The van der Waals surface area contributed by atoms with Crippen molar-refractivity contribution in [2.24, 2.45) is 0 Å². The molecule has 2 rings (SSSR count). The SMILES string of the molecule is CCC.CCC(=O)Oc1ccc(C(C)(C)c2ccc(C)cc2)cc1. The lowest BCUT2D eigenvalue weighted by atomic mass is 9.78. The second-order valence-electron chi connectivity index (χ2n) is 6.55. The third-order valence-electron chi connectivity index (χ3n) is 3.87. The van der Waals surface area contributed by atoms with E-state index >= 15 is 0 Å². The maximum atomic E-state index is 11.3. The molecule has 0 amide bonds. The molecular formula is C22H30O2. The summed E-state index contributed by atoms with van der Waals surface area (Å²) in [4.78, 5) is 11.3. The molecule has 0 heterocycles. The first kappa shape index (κ1) is 20.0. The fourth-order valence-electron chi connectivity index (χ4n) is 2.28. The zero-order valence-electron chi connectivity index (χ0n) is 15.8. The van der Waals surface area contributed by atoms with Gasteiger partial charge < -0.3 is 4.74 Å². The van der Waals surface area contributed by atoms with Crippen molar-refractivity contribution in [2.75, 3.05) is 0 Å². The monoisotopic (exact) mass is 326 g/mol. The summed E-state index contributed by atoms with van der Waals surface area (Å²) < 4.78 is 5.21. The summed E-state index contributed by atoms with van der Waals surface area (Å²) in [7, 11) is 0. The number of benzene rings is 2. The Kier molecular flexibility index (Phi) is 7.70. The highest BCUT2D eigenvalue weighted by Crippen LogP contribution is 2.32. The van der Waals surface area contributed by atoms with Gasteiger partial charge in [0.05, 0.1) is 0 Å². The second kappa shape index (κ2) is 9.27. The molecule has 0 aliphatic heterocycles. The zero-order chi connectivity index (χ0) is 18.2. The minimum Gasteiger partial charge on any atom is -0.427 e. The van der Waals surface area contributed by atoms with E-state index in [0.717, 1.165) is 0 Å². The summed E-state index contributed by atoms with van der Waals surface area (Å²) in [5.74, 6) is 0.394. The topological polar surface area (TPSA) is 26.3 Å². The van der Waals surface area contributed by atoms with Gasteiger partial charge >= 0.3 is 5.97 Å². The quantitative estimate of drug-likeness (QED) is 0.505. The number of rotatable bonds is 4. The Morgan fingerprint density at radius 3 is 1.71 bits per heavy atom. The molecule has 0 radical (unpaired) electrons. The van der Waals surface area contributed by atoms with Gasteiger partial charge in [0.2, 0.25) is 0 Å². The van der Waals surface area contributed by atoms with Gasteiger partial charge in [0, 0.05) is 11.8 Å². The molecular weight excluding hydrogens is 296 g/mol. The lowest BCUT2D eigenvalue weighted by Crippen LogP contribution is -2.18. The highest BCUT2D eigenvalue weighted by Gasteiger charge is 2.22. The van der Waals surface area contributed by atoms with Crippen LogP contribution in [0.25, 0.3) is 0 Å². The minimum atomic E-state index is -0.208. The van der Waals surface area contributed by atoms with Crippen molar-refractivity contribution in [3.8, 4) is 5.75 Å². The van der Waals surface area contributed by atoms with Crippen LogP contribution >= 0.6 is 0 Å². The molecule has 0 aromatic heterocycles. The summed E-state index contributed by atoms with van der Waals surface area (Å²) in [6.45, 7) is 12.5. The van der Waals surface area contributed by atoms with Gasteiger partial charge in [-0.2, -0.15) is 0 Å². The molecule has 0 saturated carbocycles. The van der Waals surface area contributed by atoms with Crippen LogP contribution in [0.2, 0.25) is 0 Å². The molecule has 0 spiro atoms. The minimum absolute atomic E-state index is 0.0823. The van der Waals surface area contributed by atoms with Gasteiger partial charge in [0.15, 0.2) is 0 Å². The Morgan fingerprint density at radius 2 is 1.29 bits per heavy atom. The summed E-state index contributed by atoms with van der Waals surface area (Å²) in [5, 5.41) is 0. The lowest BCUT2D eigenvalue weighted by molar-refractivity contribution is -0.134. The molecule has 0 fully saturated rings. The van der Waals surface area contributed by atoms with Gasteiger partial charge in [-0.3, -0.25) is 4.79 Å². The maximum Gasteiger partial charge on any atom is 0.310 e. The van der Waals surface area contributed by atoms with Crippen LogP contribution in [0.4, 0.5) is 0 Å². The first-order valence-corrected chi connectivity index (χ1v) is 8.73. The normalized spacial score (nSPS) is 10.6. The van der Waals surface area contributed by atoms with E-state index in [-0.39, 0.29) is 11.4 Å². The van der Waals surface area contributed by atoms with Crippen molar-refractivity contribution in [2.45, 2.75) is 59.8 Å². The number of aryl methyl sites for hydroxylation is 1. The molecule has 0 unspecified atom stereocenters. The predicted molar refractivity (Wildman–Crippen MR) is 102 cm³/mol. The summed E-state index contributed by atoms with van der Waals surface area (Å²) >= 11 is 0. The van der Waals surface area contributed by atoms with Crippen LogP contribution in [0.1, 0.15) is 64.2 Å². The van der Waals surface area contributed by atoms with Gasteiger partial charge in [0.25, 0.3) is 0 Å². The van der Waals surface area contributed by atoms with Crippen molar-refractivity contribution in [3.05, 3.63) is 65.2 Å². The number of hydrogen-bond donors (Lipinski definition) is 0. The number of ether oxygens (including phenoxy) is 1. The van der Waals surface area contributed by atoms with E-state index in [1.165, 1.54) is 23.1 Å². The number of carbonyl (C=O) groups is 1. The van der Waals surface area contributed by atoms with E-state index in [1.807, 2.05) is 24.3 Å². The summed E-state index contributed by atoms with van der Waals surface area (Å²) in [5.41, 5.74) is 3.64. The highest BCUT2D eigenvalue weighted by atomic mass is 16.5. The van der Waals surface area contributed by atoms with E-state index < -0.39 is 0 Å². The first-order chi connectivity index (χ1) is 11.3. The van der Waals surface area contributed by atoms with Gasteiger partial charge in [0.1, 0.15) is 5.75 Å². The molecule has 0 aliphatic carbocycles. The third-order valence-corrected chi connectivity index (χ3v) is 3.87. The second-order valence-corrected chi connectivity index (χ2v) is 6.55. The maximum absolute atomic E-state index is 11.3. The first-order valence-electron chi connectivity index (χ1n) is 8.73. The average molecular weight is 326 g/mol. The summed E-state index contributed by atoms with van der Waals surface area (Å²) in [6, 6.07) is 16.4. The average Bonchev–Trinajstić information content (AvgIpc) is 2.56. The summed E-state index contributed by atoms with van der Waals surface area (Å²) in [6.07, 6.45) is 1.64. The van der Waals surface area contributed by atoms with Crippen LogP contribution < -0.4 is 4.74 Å². The Balaban J connectivity index is 0.000000891. The van der Waals surface area contributed by atoms with Crippen molar-refractivity contribution in [1.29, 1.82) is 0 Å². The Bertz CT molecular complexity index is 622. The molecule has 0 saturated heterocycles. The van der Waals surface area contributed by atoms with Gasteiger partial charge in [-0.25, -0.2) is 0 Å². The largest absolute Gasteiger partial charge is 0.427 e. The lowest BCUT2D eigenvalue weighted by Gasteiger charge is -2.26. The highest BCUT2D eigenvalue weighted by molar-refractivity contribution is 5.71. The van der Waals surface area contributed by atoms with Gasteiger partial charge in [-0.05, 0) is 30.2 Å². The molecule has 2 heteroatoms. The Labute approximate surface area is 146 Å². The molecule has 0 N–H and O–H groups in total. The van der Waals surface area contributed by atoms with Gasteiger partial charge in [-0.15, -0.1) is 0 Å². The molecule has 0 bridgehead atoms. The zero-order valence-corrected chi connectivity index (χ0v) is 15.8. The molecule has 2 aromatic carbocycles. The number of esters is 1. The molecule has 2 nitrogen and oxygen atoms in total. The van der Waals surface area contributed by atoms with Crippen molar-refractivity contribution in [1.82, 2.24) is 0 Å². The van der Waals surface area contributed by atoms with Crippen LogP contribution in [0, 0.1) is 6.92 Å². The van der Waals surface area contributed by atoms with Crippen molar-refractivity contribution < 1.29 is 9.53 Å². The molecule has 0 atom stereocenters. The predicted octanol–water partition coefficient (Wildman–Crippen LogP) is 6.05. The van der Waals surface area contributed by atoms with Crippen LogP contribution in [0.15, 0.2) is 48.5 Å². The van der Waals surface area contributed by atoms with Crippen molar-refractivity contribution >= 4 is 5.97 Å². The van der Waals surface area contributed by atoms with Crippen LogP contribution in [-0.4, -0.2) is 5.97 Å².